The SMILES string of the molecule is CCCC[C@H]1CNCCN1c1nc2ccc(Cl)cc2s1.Cl.Cl. The average Bonchev–Trinajstić information content (AvgIpc) is 2.88. The van der Waals surface area contributed by atoms with Gasteiger partial charge in [-0.25, -0.2) is 4.98 Å². The van der Waals surface area contributed by atoms with Crippen LogP contribution < -0.4 is 10.2 Å². The summed E-state index contributed by atoms with van der Waals surface area (Å²) >= 11 is 7.82. The van der Waals surface area contributed by atoms with Crippen molar-refractivity contribution in [1.82, 2.24) is 10.3 Å². The van der Waals surface area contributed by atoms with Crippen LogP contribution in [0.25, 0.3) is 10.2 Å². The summed E-state index contributed by atoms with van der Waals surface area (Å²) in [4.78, 5) is 7.27. The van der Waals surface area contributed by atoms with Gasteiger partial charge >= 0.3 is 0 Å². The van der Waals surface area contributed by atoms with Crippen molar-refractivity contribution >= 4 is 63.1 Å². The summed E-state index contributed by atoms with van der Waals surface area (Å²) in [7, 11) is 0. The Morgan fingerprint density at radius 3 is 3.00 bits per heavy atom. The lowest BCUT2D eigenvalue weighted by atomic mass is 10.1. The van der Waals surface area contributed by atoms with Gasteiger partial charge in [0.15, 0.2) is 5.13 Å². The third kappa shape index (κ3) is 4.39. The van der Waals surface area contributed by atoms with Crippen molar-refractivity contribution in [1.29, 1.82) is 0 Å². The van der Waals surface area contributed by atoms with Gasteiger partial charge < -0.3 is 10.2 Å². The number of piperazine rings is 1. The Kier molecular flexibility index (Phi) is 8.22. The highest BCUT2D eigenvalue weighted by molar-refractivity contribution is 7.22. The molecule has 0 bridgehead atoms. The van der Waals surface area contributed by atoms with Gasteiger partial charge in [0, 0.05) is 30.7 Å². The van der Waals surface area contributed by atoms with E-state index in [4.69, 9.17) is 16.6 Å². The number of thiazole rings is 1. The minimum absolute atomic E-state index is 0. The second kappa shape index (κ2) is 9.14. The highest BCUT2D eigenvalue weighted by Crippen LogP contribution is 2.32. The summed E-state index contributed by atoms with van der Waals surface area (Å²) < 4.78 is 1.18. The minimum atomic E-state index is 0. The van der Waals surface area contributed by atoms with Crippen molar-refractivity contribution in [2.45, 2.75) is 32.2 Å². The maximum absolute atomic E-state index is 6.07. The Labute approximate surface area is 153 Å². The molecule has 0 unspecified atom stereocenters. The zero-order chi connectivity index (χ0) is 13.9. The molecule has 3 rings (SSSR count). The lowest BCUT2D eigenvalue weighted by Crippen LogP contribution is -2.51. The number of hydrogen-bond acceptors (Lipinski definition) is 4. The number of nitrogens with zero attached hydrogens (tertiary/aromatic N) is 2. The topological polar surface area (TPSA) is 28.2 Å². The smallest absolute Gasteiger partial charge is 0.186 e. The summed E-state index contributed by atoms with van der Waals surface area (Å²) in [6.07, 6.45) is 3.76. The highest BCUT2D eigenvalue weighted by Gasteiger charge is 2.24. The summed E-state index contributed by atoms with van der Waals surface area (Å²) in [5, 5.41) is 5.43. The third-order valence-corrected chi connectivity index (χ3v) is 5.12. The molecule has 1 atom stereocenters. The van der Waals surface area contributed by atoms with Crippen LogP contribution in [0.5, 0.6) is 0 Å². The molecule has 0 amide bonds. The van der Waals surface area contributed by atoms with Gasteiger partial charge in [0.1, 0.15) is 0 Å². The Morgan fingerprint density at radius 2 is 2.23 bits per heavy atom. The first kappa shape index (κ1) is 19.8. The molecule has 1 aliphatic rings. The number of anilines is 1. The van der Waals surface area contributed by atoms with Crippen LogP contribution in [0.3, 0.4) is 0 Å². The first-order valence-electron chi connectivity index (χ1n) is 7.31. The Balaban J connectivity index is 0.00000121. The van der Waals surface area contributed by atoms with Crippen LogP contribution >= 0.6 is 47.8 Å². The normalized spacial score (nSPS) is 17.9. The number of rotatable bonds is 4. The van der Waals surface area contributed by atoms with Crippen LogP contribution in [0.4, 0.5) is 5.13 Å². The van der Waals surface area contributed by atoms with Crippen LogP contribution in [-0.4, -0.2) is 30.7 Å². The van der Waals surface area contributed by atoms with E-state index in [1.54, 1.807) is 11.3 Å². The standard InChI is InChI=1S/C15H20ClN3S.2ClH/c1-2-3-4-12-10-17-7-8-19(12)15-18-13-6-5-11(16)9-14(13)20-15;;/h5-6,9,12,17H,2-4,7-8,10H2,1H3;2*1H/t12-;;/m0../s1. The molecule has 7 heteroatoms. The van der Waals surface area contributed by atoms with Gasteiger partial charge in [0.2, 0.25) is 0 Å². The van der Waals surface area contributed by atoms with E-state index in [9.17, 15) is 0 Å². The van der Waals surface area contributed by atoms with Crippen molar-refractivity contribution in [2.75, 3.05) is 24.5 Å². The minimum Gasteiger partial charge on any atom is -0.343 e. The fourth-order valence-corrected chi connectivity index (χ4v) is 4.06. The predicted octanol–water partition coefficient (Wildman–Crippen LogP) is 4.76. The Hall–Kier alpha value is -0.260. The van der Waals surface area contributed by atoms with Gasteiger partial charge in [0.05, 0.1) is 10.2 Å². The quantitative estimate of drug-likeness (QED) is 0.826. The van der Waals surface area contributed by atoms with Crippen molar-refractivity contribution < 1.29 is 0 Å². The summed E-state index contributed by atoms with van der Waals surface area (Å²) in [6.45, 7) is 5.40. The van der Waals surface area contributed by atoms with E-state index in [1.807, 2.05) is 18.2 Å². The van der Waals surface area contributed by atoms with E-state index in [2.05, 4.69) is 17.1 Å². The number of nitrogens with one attached hydrogen (secondary N) is 1. The largest absolute Gasteiger partial charge is 0.343 e. The van der Waals surface area contributed by atoms with Crippen molar-refractivity contribution in [3.8, 4) is 0 Å². The Bertz CT molecular complexity index is 590. The first-order valence-corrected chi connectivity index (χ1v) is 8.51. The predicted molar refractivity (Wildman–Crippen MR) is 103 cm³/mol. The van der Waals surface area contributed by atoms with E-state index in [0.717, 1.165) is 35.3 Å². The molecule has 2 aromatic rings. The fourth-order valence-electron chi connectivity index (χ4n) is 2.72. The number of unbranched alkanes of at least 4 members (excludes halogenated alkanes) is 1. The third-order valence-electron chi connectivity index (χ3n) is 3.83. The zero-order valence-corrected chi connectivity index (χ0v) is 15.8. The van der Waals surface area contributed by atoms with E-state index in [0.29, 0.717) is 6.04 Å². The molecular weight excluding hydrogens is 361 g/mol. The Morgan fingerprint density at radius 1 is 1.41 bits per heavy atom. The molecule has 0 spiro atoms. The fraction of sp³-hybridized carbons (Fsp3) is 0.533. The number of benzene rings is 1. The zero-order valence-electron chi connectivity index (χ0n) is 12.5. The van der Waals surface area contributed by atoms with Crippen LogP contribution in [0, 0.1) is 0 Å². The molecule has 0 saturated carbocycles. The average molecular weight is 383 g/mol. The molecular formula is C15H22Cl3N3S. The van der Waals surface area contributed by atoms with Gasteiger partial charge in [-0.05, 0) is 24.6 Å². The number of halogens is 3. The van der Waals surface area contributed by atoms with E-state index in [1.165, 1.54) is 24.0 Å². The van der Waals surface area contributed by atoms with Gasteiger partial charge in [-0.3, -0.25) is 0 Å². The van der Waals surface area contributed by atoms with E-state index < -0.39 is 0 Å². The van der Waals surface area contributed by atoms with Crippen LogP contribution in [0.15, 0.2) is 18.2 Å². The number of hydrogen-bond donors (Lipinski definition) is 1. The molecule has 0 radical (unpaired) electrons. The molecule has 1 saturated heterocycles. The maximum atomic E-state index is 6.07. The lowest BCUT2D eigenvalue weighted by molar-refractivity contribution is 0.443. The molecule has 2 heterocycles. The molecule has 124 valence electrons. The summed E-state index contributed by atoms with van der Waals surface area (Å²) in [6, 6.07) is 6.52. The van der Waals surface area contributed by atoms with Crippen LogP contribution in [0.2, 0.25) is 5.02 Å². The summed E-state index contributed by atoms with van der Waals surface area (Å²) in [5.74, 6) is 0. The number of aromatic nitrogens is 1. The van der Waals surface area contributed by atoms with Crippen molar-refractivity contribution in [3.05, 3.63) is 23.2 Å². The second-order valence-corrected chi connectivity index (χ2v) is 6.75. The first-order chi connectivity index (χ1) is 9.78. The molecule has 1 N–H and O–H groups in total. The van der Waals surface area contributed by atoms with E-state index in [-0.39, 0.29) is 24.8 Å². The van der Waals surface area contributed by atoms with Gasteiger partial charge in [-0.15, -0.1) is 24.8 Å². The van der Waals surface area contributed by atoms with Crippen LogP contribution in [-0.2, 0) is 0 Å². The summed E-state index contributed by atoms with van der Waals surface area (Å²) in [5.41, 5.74) is 1.06. The maximum Gasteiger partial charge on any atom is 0.186 e. The molecule has 22 heavy (non-hydrogen) atoms. The van der Waals surface area contributed by atoms with Crippen LogP contribution in [0.1, 0.15) is 26.2 Å². The second-order valence-electron chi connectivity index (χ2n) is 5.30. The van der Waals surface area contributed by atoms with Gasteiger partial charge in [-0.2, -0.15) is 0 Å². The molecule has 0 aliphatic carbocycles. The number of fused-ring (bicyclic) bond motifs is 1. The van der Waals surface area contributed by atoms with Gasteiger partial charge in [0.25, 0.3) is 0 Å². The van der Waals surface area contributed by atoms with Gasteiger partial charge in [-0.1, -0.05) is 42.7 Å². The lowest BCUT2D eigenvalue weighted by Gasteiger charge is -2.36. The highest BCUT2D eigenvalue weighted by atomic mass is 35.5. The van der Waals surface area contributed by atoms with E-state index >= 15 is 0 Å². The monoisotopic (exact) mass is 381 g/mol. The molecule has 1 aromatic heterocycles. The molecule has 1 aliphatic heterocycles. The molecule has 1 aromatic carbocycles. The molecule has 1 fully saturated rings. The molecule has 3 nitrogen and oxygen atoms in total. The van der Waals surface area contributed by atoms with Crippen molar-refractivity contribution in [2.24, 2.45) is 0 Å². The van der Waals surface area contributed by atoms with Crippen molar-refractivity contribution in [3.63, 3.8) is 0 Å².